The Morgan fingerprint density at radius 2 is 1.89 bits per heavy atom. The van der Waals surface area contributed by atoms with E-state index in [0.717, 1.165) is 11.3 Å². The van der Waals surface area contributed by atoms with E-state index in [1.54, 1.807) is 19.1 Å². The topological polar surface area (TPSA) is 57.2 Å². The Kier molecular flexibility index (Phi) is 6.29. The third-order valence-electron chi connectivity index (χ3n) is 4.29. The molecule has 1 saturated heterocycles. The van der Waals surface area contributed by atoms with E-state index in [1.165, 1.54) is 0 Å². The number of methoxy groups -OCH3 is 2. The van der Waals surface area contributed by atoms with E-state index < -0.39 is 25.7 Å². The Morgan fingerprint density at radius 1 is 1.22 bits per heavy atom. The molecule has 2 atom stereocenters. The molecule has 1 aliphatic heterocycles. The van der Waals surface area contributed by atoms with Crippen molar-refractivity contribution in [1.82, 2.24) is 4.90 Å². The largest absolute Gasteiger partial charge is 0.497 e. The SMILES string of the molecule is COc1cccc(C2N(C(=O)OC(C)(C)C)CCC2(OC)O[Si](C)(C)C)c1. The third-order valence-corrected chi connectivity index (χ3v) is 5.25. The zero-order valence-electron chi connectivity index (χ0n) is 17.8. The van der Waals surface area contributed by atoms with E-state index in [1.807, 2.05) is 45.0 Å². The molecule has 7 heteroatoms. The van der Waals surface area contributed by atoms with Gasteiger partial charge in [-0.15, -0.1) is 0 Å². The van der Waals surface area contributed by atoms with Gasteiger partial charge in [0.15, 0.2) is 14.1 Å². The van der Waals surface area contributed by atoms with Crippen LogP contribution in [0.2, 0.25) is 19.6 Å². The first-order valence-electron chi connectivity index (χ1n) is 9.30. The monoisotopic (exact) mass is 395 g/mol. The highest BCUT2D eigenvalue weighted by molar-refractivity contribution is 6.69. The standard InChI is InChI=1S/C20H33NO5Si/c1-19(2,3)25-18(22)21-13-12-20(24-5,26-27(6,7)8)17(21)15-10-9-11-16(14-15)23-4/h9-11,14,17H,12-13H2,1-8H3. The summed E-state index contributed by atoms with van der Waals surface area (Å²) in [6, 6.07) is 7.27. The number of amides is 1. The van der Waals surface area contributed by atoms with Crippen molar-refractivity contribution in [3.05, 3.63) is 29.8 Å². The average molecular weight is 396 g/mol. The first kappa shape index (κ1) is 21.7. The van der Waals surface area contributed by atoms with E-state index in [4.69, 9.17) is 18.6 Å². The van der Waals surface area contributed by atoms with Gasteiger partial charge in [-0.05, 0) is 58.1 Å². The molecule has 27 heavy (non-hydrogen) atoms. The fourth-order valence-corrected chi connectivity index (χ4v) is 4.76. The molecule has 0 N–H and O–H groups in total. The van der Waals surface area contributed by atoms with Crippen LogP contribution in [0.3, 0.4) is 0 Å². The number of carbonyl (C=O) groups is 1. The van der Waals surface area contributed by atoms with Gasteiger partial charge in [0, 0.05) is 20.1 Å². The van der Waals surface area contributed by atoms with Gasteiger partial charge in [-0.3, -0.25) is 4.90 Å². The van der Waals surface area contributed by atoms with E-state index in [2.05, 4.69) is 19.6 Å². The highest BCUT2D eigenvalue weighted by atomic mass is 28.4. The lowest BCUT2D eigenvalue weighted by Gasteiger charge is -2.41. The van der Waals surface area contributed by atoms with Crippen molar-refractivity contribution < 1.29 is 23.4 Å². The summed E-state index contributed by atoms with van der Waals surface area (Å²) in [4.78, 5) is 14.7. The quantitative estimate of drug-likeness (QED) is 0.540. The number of rotatable bonds is 5. The van der Waals surface area contributed by atoms with E-state index in [0.29, 0.717) is 13.0 Å². The van der Waals surface area contributed by atoms with E-state index in [9.17, 15) is 4.79 Å². The van der Waals surface area contributed by atoms with Crippen LogP contribution in [-0.2, 0) is 13.9 Å². The lowest BCUT2D eigenvalue weighted by Crippen LogP contribution is -2.49. The van der Waals surface area contributed by atoms with Gasteiger partial charge in [0.25, 0.3) is 0 Å². The maximum atomic E-state index is 12.9. The number of ether oxygens (including phenoxy) is 3. The summed E-state index contributed by atoms with van der Waals surface area (Å²) >= 11 is 0. The summed E-state index contributed by atoms with van der Waals surface area (Å²) in [5, 5.41) is 0. The number of carbonyl (C=O) groups excluding carboxylic acids is 1. The molecule has 1 aliphatic rings. The first-order valence-corrected chi connectivity index (χ1v) is 12.7. The molecule has 0 aliphatic carbocycles. The summed E-state index contributed by atoms with van der Waals surface area (Å²) in [6.07, 6.45) is 0.211. The predicted octanol–water partition coefficient (Wildman–Crippen LogP) is 4.57. The fourth-order valence-electron chi connectivity index (χ4n) is 3.42. The molecule has 0 saturated carbocycles. The van der Waals surface area contributed by atoms with Crippen molar-refractivity contribution >= 4 is 14.4 Å². The zero-order valence-corrected chi connectivity index (χ0v) is 18.8. The third kappa shape index (κ3) is 5.24. The van der Waals surface area contributed by atoms with Crippen molar-refractivity contribution in [2.24, 2.45) is 0 Å². The molecule has 1 aromatic rings. The second-order valence-electron chi connectivity index (χ2n) is 8.83. The van der Waals surface area contributed by atoms with Crippen LogP contribution in [0.15, 0.2) is 24.3 Å². The molecule has 1 fully saturated rings. The van der Waals surface area contributed by atoms with Gasteiger partial charge >= 0.3 is 6.09 Å². The lowest BCUT2D eigenvalue weighted by atomic mass is 9.99. The van der Waals surface area contributed by atoms with Crippen molar-refractivity contribution in [2.75, 3.05) is 20.8 Å². The zero-order chi connectivity index (χ0) is 20.5. The van der Waals surface area contributed by atoms with Crippen molar-refractivity contribution in [1.29, 1.82) is 0 Å². The molecule has 152 valence electrons. The number of benzene rings is 1. The molecule has 0 radical (unpaired) electrons. The summed E-state index contributed by atoms with van der Waals surface area (Å²) in [5.74, 6) is -0.185. The Morgan fingerprint density at radius 3 is 2.41 bits per heavy atom. The van der Waals surface area contributed by atoms with Gasteiger partial charge < -0.3 is 18.6 Å². The molecule has 0 bridgehead atoms. The minimum Gasteiger partial charge on any atom is -0.497 e. The van der Waals surface area contributed by atoms with Gasteiger partial charge in [-0.2, -0.15) is 0 Å². The van der Waals surface area contributed by atoms with Crippen LogP contribution in [0.25, 0.3) is 0 Å². The number of likely N-dealkylation sites (tertiary alicyclic amines) is 1. The summed E-state index contributed by atoms with van der Waals surface area (Å²) in [6.45, 7) is 12.4. The molecular formula is C20H33NO5Si. The maximum Gasteiger partial charge on any atom is 0.410 e. The molecule has 2 unspecified atom stereocenters. The first-order chi connectivity index (χ1) is 12.4. The maximum absolute atomic E-state index is 12.9. The van der Waals surface area contributed by atoms with Crippen LogP contribution in [0.1, 0.15) is 38.8 Å². The van der Waals surface area contributed by atoms with Crippen LogP contribution < -0.4 is 4.74 Å². The molecule has 1 aromatic carbocycles. The predicted molar refractivity (Wildman–Crippen MR) is 107 cm³/mol. The molecular weight excluding hydrogens is 362 g/mol. The van der Waals surface area contributed by atoms with Gasteiger partial charge in [0.2, 0.25) is 0 Å². The second-order valence-corrected chi connectivity index (χ2v) is 13.3. The van der Waals surface area contributed by atoms with E-state index in [-0.39, 0.29) is 6.09 Å². The minimum absolute atomic E-state index is 0.367. The van der Waals surface area contributed by atoms with Gasteiger partial charge in [0.05, 0.1) is 7.11 Å². The minimum atomic E-state index is -1.96. The summed E-state index contributed by atoms with van der Waals surface area (Å²) in [5.41, 5.74) is 0.325. The van der Waals surface area contributed by atoms with Crippen LogP contribution in [-0.4, -0.2) is 51.5 Å². The Hall–Kier alpha value is -1.57. The fraction of sp³-hybridized carbons (Fsp3) is 0.650. The van der Waals surface area contributed by atoms with Crippen LogP contribution in [0.5, 0.6) is 5.75 Å². The summed E-state index contributed by atoms with van der Waals surface area (Å²) in [7, 11) is 1.31. The van der Waals surface area contributed by atoms with Crippen LogP contribution in [0.4, 0.5) is 4.79 Å². The number of hydrogen-bond donors (Lipinski definition) is 0. The van der Waals surface area contributed by atoms with Crippen molar-refractivity contribution in [2.45, 2.75) is 64.3 Å². The average Bonchev–Trinajstić information content (AvgIpc) is 2.91. The number of hydrogen-bond acceptors (Lipinski definition) is 5. The number of nitrogens with zero attached hydrogens (tertiary/aromatic N) is 1. The molecule has 2 rings (SSSR count). The Labute approximate surface area is 163 Å². The highest BCUT2D eigenvalue weighted by Gasteiger charge is 2.54. The normalized spacial score (nSPS) is 23.4. The van der Waals surface area contributed by atoms with Crippen molar-refractivity contribution in [3.63, 3.8) is 0 Å². The van der Waals surface area contributed by atoms with Gasteiger partial charge in [-0.1, -0.05) is 12.1 Å². The summed E-state index contributed by atoms with van der Waals surface area (Å²) < 4.78 is 23.5. The molecule has 0 aromatic heterocycles. The molecule has 1 amide bonds. The lowest BCUT2D eigenvalue weighted by molar-refractivity contribution is -0.186. The van der Waals surface area contributed by atoms with Gasteiger partial charge in [0.1, 0.15) is 17.4 Å². The van der Waals surface area contributed by atoms with E-state index >= 15 is 0 Å². The molecule has 0 spiro atoms. The van der Waals surface area contributed by atoms with Crippen molar-refractivity contribution in [3.8, 4) is 5.75 Å². The molecule has 6 nitrogen and oxygen atoms in total. The highest BCUT2D eigenvalue weighted by Crippen LogP contribution is 2.46. The van der Waals surface area contributed by atoms with Crippen LogP contribution >= 0.6 is 0 Å². The smallest absolute Gasteiger partial charge is 0.410 e. The van der Waals surface area contributed by atoms with Gasteiger partial charge in [-0.25, -0.2) is 4.79 Å². The second kappa shape index (κ2) is 7.81. The molecule has 1 heterocycles. The Bertz CT molecular complexity index is 667. The van der Waals surface area contributed by atoms with Crippen LogP contribution in [0, 0.1) is 0 Å². The Balaban J connectivity index is 2.50.